The molecule has 0 saturated heterocycles. The van der Waals surface area contributed by atoms with Crippen LogP contribution in [0.1, 0.15) is 10.4 Å². The molecule has 1 amide bonds. The first-order valence-corrected chi connectivity index (χ1v) is 7.78. The van der Waals surface area contributed by atoms with Gasteiger partial charge in [0, 0.05) is 18.5 Å². The van der Waals surface area contributed by atoms with Gasteiger partial charge in [-0.2, -0.15) is 0 Å². The van der Waals surface area contributed by atoms with E-state index in [-0.39, 0.29) is 11.5 Å². The number of fused-ring (bicyclic) bond motifs is 2. The van der Waals surface area contributed by atoms with Crippen molar-refractivity contribution in [2.24, 2.45) is 0 Å². The number of carbonyl (C=O) groups excluding carboxylic acids is 1. The summed E-state index contributed by atoms with van der Waals surface area (Å²) in [6.07, 6.45) is 0. The first-order valence-electron chi connectivity index (χ1n) is 7.78. The molecule has 0 radical (unpaired) electrons. The van der Waals surface area contributed by atoms with Gasteiger partial charge in [0.2, 0.25) is 0 Å². The van der Waals surface area contributed by atoms with Gasteiger partial charge in [-0.15, -0.1) is 0 Å². The van der Waals surface area contributed by atoms with E-state index in [0.29, 0.717) is 35.6 Å². The minimum absolute atomic E-state index is 0.0570. The SMILES string of the molecule is COc1ccccc1C(=O)N1CCn2c1cc1ccccc1c2=O. The molecule has 3 aromatic rings. The lowest BCUT2D eigenvalue weighted by atomic mass is 10.1. The normalized spacial score (nSPS) is 13.1. The van der Waals surface area contributed by atoms with Crippen LogP contribution in [-0.4, -0.2) is 24.1 Å². The van der Waals surface area contributed by atoms with Crippen LogP contribution in [0.4, 0.5) is 5.82 Å². The van der Waals surface area contributed by atoms with E-state index in [1.165, 1.54) is 0 Å². The highest BCUT2D eigenvalue weighted by Crippen LogP contribution is 2.27. The molecule has 0 spiro atoms. The molecule has 4 rings (SSSR count). The summed E-state index contributed by atoms with van der Waals surface area (Å²) in [5, 5.41) is 1.52. The van der Waals surface area contributed by atoms with Gasteiger partial charge in [0.25, 0.3) is 11.5 Å². The van der Waals surface area contributed by atoms with Crippen molar-refractivity contribution in [3.8, 4) is 5.75 Å². The van der Waals surface area contributed by atoms with Crippen LogP contribution in [0.3, 0.4) is 0 Å². The zero-order valence-corrected chi connectivity index (χ0v) is 13.2. The maximum Gasteiger partial charge on any atom is 0.263 e. The molecule has 0 atom stereocenters. The predicted molar refractivity (Wildman–Crippen MR) is 92.9 cm³/mol. The Hall–Kier alpha value is -3.08. The third-order valence-electron chi connectivity index (χ3n) is 4.40. The molecule has 0 fully saturated rings. The smallest absolute Gasteiger partial charge is 0.263 e. The number of hydrogen-bond donors (Lipinski definition) is 0. The number of aromatic nitrogens is 1. The molecular formula is C19H16N2O3. The number of rotatable bonds is 2. The largest absolute Gasteiger partial charge is 0.496 e. The van der Waals surface area contributed by atoms with Crippen molar-refractivity contribution in [3.63, 3.8) is 0 Å². The highest BCUT2D eigenvalue weighted by atomic mass is 16.5. The maximum atomic E-state index is 13.0. The molecule has 1 aliphatic rings. The number of methoxy groups -OCH3 is 1. The van der Waals surface area contributed by atoms with Crippen LogP contribution in [0.5, 0.6) is 5.75 Å². The van der Waals surface area contributed by atoms with E-state index < -0.39 is 0 Å². The molecule has 5 heteroatoms. The topological polar surface area (TPSA) is 51.5 Å². The van der Waals surface area contributed by atoms with Crippen LogP contribution in [0.25, 0.3) is 10.8 Å². The maximum absolute atomic E-state index is 13.0. The van der Waals surface area contributed by atoms with Gasteiger partial charge in [0.05, 0.1) is 12.7 Å². The summed E-state index contributed by atoms with van der Waals surface area (Å²) in [5.74, 6) is 1.01. The fraction of sp³-hybridized carbons (Fsp3) is 0.158. The molecule has 2 aromatic carbocycles. The van der Waals surface area contributed by atoms with E-state index in [1.54, 1.807) is 34.8 Å². The Balaban J connectivity index is 1.84. The van der Waals surface area contributed by atoms with Gasteiger partial charge in [-0.1, -0.05) is 30.3 Å². The summed E-state index contributed by atoms with van der Waals surface area (Å²) in [6.45, 7) is 0.975. The number of para-hydroxylation sites is 1. The van der Waals surface area contributed by atoms with Crippen LogP contribution in [-0.2, 0) is 6.54 Å². The van der Waals surface area contributed by atoms with Gasteiger partial charge in [-0.3, -0.25) is 19.1 Å². The standard InChI is InChI=1S/C19H16N2O3/c1-24-16-9-5-4-8-15(16)19(23)21-11-10-20-17(21)12-13-6-2-3-7-14(13)18(20)22/h2-9,12H,10-11H2,1H3. The molecule has 1 aliphatic heterocycles. The van der Waals surface area contributed by atoms with Gasteiger partial charge in [0.1, 0.15) is 11.6 Å². The molecular weight excluding hydrogens is 304 g/mol. The van der Waals surface area contributed by atoms with Crippen molar-refractivity contribution in [3.05, 3.63) is 70.5 Å². The second kappa shape index (κ2) is 5.53. The lowest BCUT2D eigenvalue weighted by Gasteiger charge is -2.18. The molecule has 0 saturated carbocycles. The van der Waals surface area contributed by atoms with Crippen molar-refractivity contribution in [1.29, 1.82) is 0 Å². The van der Waals surface area contributed by atoms with E-state index in [1.807, 2.05) is 36.4 Å². The Morgan fingerprint density at radius 1 is 1.04 bits per heavy atom. The number of benzene rings is 2. The Morgan fingerprint density at radius 2 is 1.79 bits per heavy atom. The Morgan fingerprint density at radius 3 is 2.62 bits per heavy atom. The van der Waals surface area contributed by atoms with Gasteiger partial charge >= 0.3 is 0 Å². The number of amides is 1. The molecule has 0 unspecified atom stereocenters. The summed E-state index contributed by atoms with van der Waals surface area (Å²) in [7, 11) is 1.54. The minimum Gasteiger partial charge on any atom is -0.496 e. The Kier molecular flexibility index (Phi) is 3.34. The van der Waals surface area contributed by atoms with Crippen LogP contribution in [0, 0.1) is 0 Å². The fourth-order valence-electron chi connectivity index (χ4n) is 3.21. The van der Waals surface area contributed by atoms with Crippen molar-refractivity contribution in [1.82, 2.24) is 4.57 Å². The Bertz CT molecular complexity index is 1010. The van der Waals surface area contributed by atoms with Gasteiger partial charge in [0.15, 0.2) is 0 Å². The van der Waals surface area contributed by atoms with E-state index in [2.05, 4.69) is 0 Å². The van der Waals surface area contributed by atoms with E-state index in [9.17, 15) is 9.59 Å². The van der Waals surface area contributed by atoms with Gasteiger partial charge in [-0.25, -0.2) is 0 Å². The molecule has 0 N–H and O–H groups in total. The third-order valence-corrected chi connectivity index (χ3v) is 4.40. The summed E-state index contributed by atoms with van der Waals surface area (Å²) < 4.78 is 6.95. The van der Waals surface area contributed by atoms with Gasteiger partial charge < -0.3 is 4.74 Å². The number of hydrogen-bond acceptors (Lipinski definition) is 3. The molecule has 120 valence electrons. The number of anilines is 1. The lowest BCUT2D eigenvalue weighted by Crippen LogP contribution is -2.29. The summed E-state index contributed by atoms with van der Waals surface area (Å²) in [4.78, 5) is 27.3. The second-order valence-corrected chi connectivity index (χ2v) is 5.70. The van der Waals surface area contributed by atoms with Crippen LogP contribution in [0.2, 0.25) is 0 Å². The molecule has 1 aromatic heterocycles. The first-order chi connectivity index (χ1) is 11.7. The highest BCUT2D eigenvalue weighted by Gasteiger charge is 2.28. The lowest BCUT2D eigenvalue weighted by molar-refractivity contribution is 0.0986. The van der Waals surface area contributed by atoms with Crippen LogP contribution >= 0.6 is 0 Å². The first kappa shape index (κ1) is 14.5. The van der Waals surface area contributed by atoms with Gasteiger partial charge in [-0.05, 0) is 29.7 Å². The highest BCUT2D eigenvalue weighted by molar-refractivity contribution is 6.08. The van der Waals surface area contributed by atoms with Crippen molar-refractivity contribution >= 4 is 22.5 Å². The molecule has 0 bridgehead atoms. The Labute approximate surface area is 138 Å². The number of nitrogens with zero attached hydrogens (tertiary/aromatic N) is 2. The predicted octanol–water partition coefficient (Wildman–Crippen LogP) is 2.67. The van der Waals surface area contributed by atoms with Crippen molar-refractivity contribution in [2.45, 2.75) is 6.54 Å². The third kappa shape index (κ3) is 2.09. The van der Waals surface area contributed by atoms with Crippen LogP contribution < -0.4 is 15.2 Å². The van der Waals surface area contributed by atoms with E-state index >= 15 is 0 Å². The summed E-state index contributed by atoms with van der Waals surface area (Å²) >= 11 is 0. The molecule has 2 heterocycles. The zero-order chi connectivity index (χ0) is 16.7. The van der Waals surface area contributed by atoms with Crippen molar-refractivity contribution in [2.75, 3.05) is 18.6 Å². The molecule has 5 nitrogen and oxygen atoms in total. The second-order valence-electron chi connectivity index (χ2n) is 5.70. The summed E-state index contributed by atoms with van der Waals surface area (Å²) in [6, 6.07) is 16.5. The molecule has 24 heavy (non-hydrogen) atoms. The monoisotopic (exact) mass is 320 g/mol. The van der Waals surface area contributed by atoms with E-state index in [0.717, 1.165) is 5.39 Å². The van der Waals surface area contributed by atoms with Crippen LogP contribution in [0.15, 0.2) is 59.4 Å². The minimum atomic E-state index is -0.159. The average Bonchev–Trinajstić information content (AvgIpc) is 3.05. The molecule has 0 aliphatic carbocycles. The fourth-order valence-corrected chi connectivity index (χ4v) is 3.21. The number of carbonyl (C=O) groups is 1. The van der Waals surface area contributed by atoms with Crippen molar-refractivity contribution < 1.29 is 9.53 Å². The quantitative estimate of drug-likeness (QED) is 0.729. The average molecular weight is 320 g/mol. The summed E-state index contributed by atoms with van der Waals surface area (Å²) in [5.41, 5.74) is 0.437. The van der Waals surface area contributed by atoms with E-state index in [4.69, 9.17) is 4.74 Å². The number of ether oxygens (including phenoxy) is 1. The zero-order valence-electron chi connectivity index (χ0n) is 13.2. The number of pyridine rings is 1.